The fourth-order valence-electron chi connectivity index (χ4n) is 1.54. The maximum Gasteiger partial charge on any atom is 0.260 e. The van der Waals surface area contributed by atoms with Crippen LogP contribution in [0.15, 0.2) is 45.7 Å². The Bertz CT molecular complexity index is 565. The summed E-state index contributed by atoms with van der Waals surface area (Å²) >= 11 is 3.18. The second-order valence-electron chi connectivity index (χ2n) is 3.94. The van der Waals surface area contributed by atoms with Gasteiger partial charge < -0.3 is 14.5 Å². The Morgan fingerprint density at radius 2 is 2.26 bits per heavy atom. The summed E-state index contributed by atoms with van der Waals surface area (Å²) in [5.41, 5.74) is 1.14. The van der Waals surface area contributed by atoms with E-state index in [4.69, 9.17) is 9.15 Å². The largest absolute Gasteiger partial charge is 0.494 e. The van der Waals surface area contributed by atoms with Gasteiger partial charge in [-0.15, -0.1) is 0 Å². The summed E-state index contributed by atoms with van der Waals surface area (Å²) in [5.74, 6) is 0.513. The highest BCUT2D eigenvalue weighted by Crippen LogP contribution is 2.21. The number of halogens is 1. The second-order valence-corrected chi connectivity index (χ2v) is 4.66. The minimum atomic E-state index is -0.228. The van der Waals surface area contributed by atoms with Gasteiger partial charge >= 0.3 is 0 Å². The van der Waals surface area contributed by atoms with Crippen LogP contribution in [-0.2, 0) is 0 Å². The number of amides is 1. The molecule has 0 bridgehead atoms. The molecular weight excluding hydrogens is 310 g/mol. The van der Waals surface area contributed by atoms with Crippen LogP contribution in [0.2, 0.25) is 0 Å². The molecule has 0 saturated carbocycles. The third kappa shape index (κ3) is 3.61. The molecule has 0 aliphatic rings. The van der Waals surface area contributed by atoms with E-state index >= 15 is 0 Å². The Kier molecular flexibility index (Phi) is 4.63. The molecule has 0 atom stereocenters. The zero-order valence-electron chi connectivity index (χ0n) is 10.5. The monoisotopic (exact) mass is 323 g/mol. The zero-order chi connectivity index (χ0) is 13.7. The molecular formula is C14H14BrNO3. The number of anilines is 1. The van der Waals surface area contributed by atoms with Crippen LogP contribution in [0.5, 0.6) is 5.75 Å². The van der Waals surface area contributed by atoms with Crippen LogP contribution in [0.25, 0.3) is 0 Å². The maximum atomic E-state index is 12.0. The molecule has 1 N–H and O–H groups in total. The summed E-state index contributed by atoms with van der Waals surface area (Å²) in [7, 11) is 0. The summed E-state index contributed by atoms with van der Waals surface area (Å²) in [4.78, 5) is 12.0. The van der Waals surface area contributed by atoms with Gasteiger partial charge in [-0.1, -0.05) is 13.0 Å². The Morgan fingerprint density at radius 1 is 1.42 bits per heavy atom. The lowest BCUT2D eigenvalue weighted by Gasteiger charge is -2.08. The first kappa shape index (κ1) is 13.7. The van der Waals surface area contributed by atoms with Gasteiger partial charge in [-0.3, -0.25) is 4.79 Å². The van der Waals surface area contributed by atoms with E-state index in [0.29, 0.717) is 22.5 Å². The van der Waals surface area contributed by atoms with Crippen molar-refractivity contribution in [1.29, 1.82) is 0 Å². The summed E-state index contributed by atoms with van der Waals surface area (Å²) in [5, 5.41) is 2.79. The SMILES string of the molecule is CCCOc1cccc(NC(=O)c2ccoc2Br)c1. The summed E-state index contributed by atoms with van der Waals surface area (Å²) < 4.78 is 11.0. The molecule has 0 aliphatic carbocycles. The van der Waals surface area contributed by atoms with E-state index in [-0.39, 0.29) is 5.91 Å². The number of carbonyl (C=O) groups is 1. The average molecular weight is 324 g/mol. The number of ether oxygens (including phenoxy) is 1. The molecule has 0 spiro atoms. The van der Waals surface area contributed by atoms with Crippen LogP contribution in [0, 0.1) is 0 Å². The van der Waals surface area contributed by atoms with E-state index in [2.05, 4.69) is 21.2 Å². The van der Waals surface area contributed by atoms with Gasteiger partial charge in [-0.05, 0) is 40.5 Å². The highest BCUT2D eigenvalue weighted by atomic mass is 79.9. The molecule has 0 unspecified atom stereocenters. The van der Waals surface area contributed by atoms with Gasteiger partial charge in [-0.2, -0.15) is 0 Å². The van der Waals surface area contributed by atoms with E-state index in [0.717, 1.165) is 12.2 Å². The van der Waals surface area contributed by atoms with Crippen molar-refractivity contribution in [2.24, 2.45) is 0 Å². The lowest BCUT2D eigenvalue weighted by atomic mass is 10.2. The molecule has 0 aliphatic heterocycles. The molecule has 0 saturated heterocycles. The van der Waals surface area contributed by atoms with Gasteiger partial charge in [0.1, 0.15) is 5.75 Å². The number of benzene rings is 1. The van der Waals surface area contributed by atoms with Gasteiger partial charge in [0.25, 0.3) is 5.91 Å². The molecule has 2 aromatic rings. The Balaban J connectivity index is 2.07. The van der Waals surface area contributed by atoms with Gasteiger partial charge in [0.2, 0.25) is 0 Å². The van der Waals surface area contributed by atoms with Gasteiger partial charge in [0, 0.05) is 11.8 Å². The number of nitrogens with one attached hydrogen (secondary N) is 1. The Hall–Kier alpha value is -1.75. The van der Waals surface area contributed by atoms with E-state index in [9.17, 15) is 4.79 Å². The standard InChI is InChI=1S/C14H14BrNO3/c1-2-7-18-11-5-3-4-10(9-11)16-14(17)12-6-8-19-13(12)15/h3-6,8-9H,2,7H2,1H3,(H,16,17). The second kappa shape index (κ2) is 6.43. The highest BCUT2D eigenvalue weighted by molar-refractivity contribution is 9.10. The van der Waals surface area contributed by atoms with E-state index in [1.165, 1.54) is 6.26 Å². The molecule has 0 fully saturated rings. The van der Waals surface area contributed by atoms with E-state index < -0.39 is 0 Å². The minimum absolute atomic E-state index is 0.228. The lowest BCUT2D eigenvalue weighted by molar-refractivity contribution is 0.102. The Labute approximate surface area is 119 Å². The molecule has 1 aromatic carbocycles. The maximum absolute atomic E-state index is 12.0. The van der Waals surface area contributed by atoms with Gasteiger partial charge in [0.05, 0.1) is 18.4 Å². The van der Waals surface area contributed by atoms with Crippen LogP contribution in [0.1, 0.15) is 23.7 Å². The summed E-state index contributed by atoms with van der Waals surface area (Å²) in [6, 6.07) is 8.91. The smallest absolute Gasteiger partial charge is 0.260 e. The van der Waals surface area contributed by atoms with Crippen molar-refractivity contribution in [3.8, 4) is 5.75 Å². The van der Waals surface area contributed by atoms with Crippen LogP contribution >= 0.6 is 15.9 Å². The quantitative estimate of drug-likeness (QED) is 0.901. The summed E-state index contributed by atoms with van der Waals surface area (Å²) in [6.07, 6.45) is 2.40. The predicted molar refractivity (Wildman–Crippen MR) is 76.6 cm³/mol. The molecule has 4 nitrogen and oxygen atoms in total. The van der Waals surface area contributed by atoms with Crippen molar-refractivity contribution in [3.05, 3.63) is 46.8 Å². The fourth-order valence-corrected chi connectivity index (χ4v) is 1.96. The van der Waals surface area contributed by atoms with Crippen molar-refractivity contribution in [3.63, 3.8) is 0 Å². The number of carbonyl (C=O) groups excluding carboxylic acids is 1. The van der Waals surface area contributed by atoms with E-state index in [1.807, 2.05) is 25.1 Å². The highest BCUT2D eigenvalue weighted by Gasteiger charge is 2.12. The number of hydrogen-bond donors (Lipinski definition) is 1. The first-order valence-electron chi connectivity index (χ1n) is 5.98. The fraction of sp³-hybridized carbons (Fsp3) is 0.214. The third-order valence-electron chi connectivity index (χ3n) is 2.43. The van der Waals surface area contributed by atoms with E-state index in [1.54, 1.807) is 12.1 Å². The number of rotatable bonds is 5. The molecule has 1 amide bonds. The van der Waals surface area contributed by atoms with Crippen LogP contribution in [0.3, 0.4) is 0 Å². The normalized spacial score (nSPS) is 10.2. The van der Waals surface area contributed by atoms with Crippen molar-refractivity contribution in [2.75, 3.05) is 11.9 Å². The molecule has 5 heteroatoms. The molecule has 19 heavy (non-hydrogen) atoms. The van der Waals surface area contributed by atoms with Crippen molar-refractivity contribution >= 4 is 27.5 Å². The molecule has 1 heterocycles. The number of furan rings is 1. The minimum Gasteiger partial charge on any atom is -0.494 e. The zero-order valence-corrected chi connectivity index (χ0v) is 12.1. The van der Waals surface area contributed by atoms with Crippen molar-refractivity contribution in [1.82, 2.24) is 0 Å². The molecule has 1 aromatic heterocycles. The van der Waals surface area contributed by atoms with Gasteiger partial charge in [0.15, 0.2) is 4.67 Å². The predicted octanol–water partition coefficient (Wildman–Crippen LogP) is 4.08. The van der Waals surface area contributed by atoms with Crippen LogP contribution < -0.4 is 10.1 Å². The first-order chi connectivity index (χ1) is 9.20. The first-order valence-corrected chi connectivity index (χ1v) is 6.77. The Morgan fingerprint density at radius 3 is 2.95 bits per heavy atom. The molecule has 100 valence electrons. The van der Waals surface area contributed by atoms with Crippen molar-refractivity contribution < 1.29 is 13.9 Å². The lowest BCUT2D eigenvalue weighted by Crippen LogP contribution is -2.11. The van der Waals surface area contributed by atoms with Crippen LogP contribution in [-0.4, -0.2) is 12.5 Å². The van der Waals surface area contributed by atoms with Crippen molar-refractivity contribution in [2.45, 2.75) is 13.3 Å². The number of hydrogen-bond acceptors (Lipinski definition) is 3. The van der Waals surface area contributed by atoms with Gasteiger partial charge in [-0.25, -0.2) is 0 Å². The molecule has 2 rings (SSSR count). The topological polar surface area (TPSA) is 51.5 Å². The average Bonchev–Trinajstić information content (AvgIpc) is 2.83. The third-order valence-corrected chi connectivity index (χ3v) is 3.04. The molecule has 0 radical (unpaired) electrons. The van der Waals surface area contributed by atoms with Crippen LogP contribution in [0.4, 0.5) is 5.69 Å². The summed E-state index contributed by atoms with van der Waals surface area (Å²) in [6.45, 7) is 2.70.